The zero-order valence-corrected chi connectivity index (χ0v) is 22.1. The molecule has 0 aromatic rings. The second kappa shape index (κ2) is 13.6. The molecule has 4 rings (SSSR count). The van der Waals surface area contributed by atoms with Crippen LogP contribution < -0.4 is 17.2 Å². The summed E-state index contributed by atoms with van der Waals surface area (Å²) in [5.74, 6) is -0.224. The third-order valence-corrected chi connectivity index (χ3v) is 8.12. The molecule has 3 heterocycles. The van der Waals surface area contributed by atoms with Crippen LogP contribution in [0.5, 0.6) is 0 Å². The van der Waals surface area contributed by atoms with Crippen molar-refractivity contribution in [2.45, 2.75) is 125 Å². The lowest BCUT2D eigenvalue weighted by molar-refractivity contribution is -0.307. The van der Waals surface area contributed by atoms with E-state index in [0.717, 1.165) is 0 Å². The Bertz CT molecular complexity index is 772. The third kappa shape index (κ3) is 6.90. The second-order valence-corrected chi connectivity index (χ2v) is 11.0. The number of aliphatic hydroxyl groups excluding tert-OH is 6. The van der Waals surface area contributed by atoms with E-state index in [0.29, 0.717) is 19.3 Å². The largest absolute Gasteiger partial charge is 0.394 e. The summed E-state index contributed by atoms with van der Waals surface area (Å²) in [5.41, 5.74) is 17.5. The van der Waals surface area contributed by atoms with E-state index in [1.54, 1.807) is 0 Å². The van der Waals surface area contributed by atoms with Crippen LogP contribution in [0.4, 0.5) is 0 Å². The molecule has 4 aliphatic rings. The van der Waals surface area contributed by atoms with E-state index in [2.05, 4.69) is 0 Å². The van der Waals surface area contributed by atoms with Crippen LogP contribution in [0.25, 0.3) is 0 Å². The fourth-order valence-electron chi connectivity index (χ4n) is 5.79. The van der Waals surface area contributed by atoms with E-state index in [-0.39, 0.29) is 31.5 Å². The average Bonchev–Trinajstić information content (AvgIpc) is 3.21. The predicted molar refractivity (Wildman–Crippen MR) is 131 cm³/mol. The van der Waals surface area contributed by atoms with E-state index in [9.17, 15) is 30.6 Å². The van der Waals surface area contributed by atoms with Gasteiger partial charge in [0, 0.05) is 25.6 Å². The molecule has 3 aliphatic heterocycles. The number of aliphatic hydroxyl groups is 6. The van der Waals surface area contributed by atoms with Crippen LogP contribution in [0.1, 0.15) is 32.6 Å². The number of ether oxygens (including phenoxy) is 6. The molecule has 15 heteroatoms. The minimum atomic E-state index is -1.44. The van der Waals surface area contributed by atoms with Gasteiger partial charge in [0.25, 0.3) is 0 Å². The van der Waals surface area contributed by atoms with Crippen LogP contribution in [0.3, 0.4) is 0 Å². The molecule has 15 nitrogen and oxygen atoms in total. The first-order valence-corrected chi connectivity index (χ1v) is 13.7. The topological polar surface area (TPSA) is 255 Å². The molecule has 1 saturated carbocycles. The van der Waals surface area contributed by atoms with Crippen LogP contribution in [0.15, 0.2) is 0 Å². The smallest absolute Gasteiger partial charge is 0.187 e. The van der Waals surface area contributed by atoms with Crippen molar-refractivity contribution in [3.05, 3.63) is 0 Å². The molecule has 1 aliphatic carbocycles. The molecule has 16 atom stereocenters. The monoisotopic (exact) mass is 567 g/mol. The van der Waals surface area contributed by atoms with Gasteiger partial charge in [0.1, 0.15) is 42.7 Å². The van der Waals surface area contributed by atoms with Gasteiger partial charge in [0.05, 0.1) is 31.0 Å². The highest BCUT2D eigenvalue weighted by Crippen LogP contribution is 2.36. The maximum atomic E-state index is 11.1. The predicted octanol–water partition coefficient (Wildman–Crippen LogP) is -4.43. The number of hydrogen-bond donors (Lipinski definition) is 9. The van der Waals surface area contributed by atoms with Crippen LogP contribution in [-0.2, 0) is 28.4 Å². The van der Waals surface area contributed by atoms with Crippen molar-refractivity contribution < 1.29 is 59.1 Å². The summed E-state index contributed by atoms with van der Waals surface area (Å²) >= 11 is 0. The lowest BCUT2D eigenvalue weighted by Gasteiger charge is -2.45. The highest BCUT2D eigenvalue weighted by molar-refractivity contribution is 4.98. The van der Waals surface area contributed by atoms with Gasteiger partial charge in [-0.05, 0) is 25.2 Å². The molecule has 4 fully saturated rings. The lowest BCUT2D eigenvalue weighted by Crippen LogP contribution is -2.61. The summed E-state index contributed by atoms with van der Waals surface area (Å²) in [4.78, 5) is 0. The quantitative estimate of drug-likeness (QED) is 0.127. The zero-order valence-electron chi connectivity index (χ0n) is 22.1. The van der Waals surface area contributed by atoms with Gasteiger partial charge in [-0.15, -0.1) is 0 Å². The lowest BCUT2D eigenvalue weighted by atomic mass is 9.80. The minimum absolute atomic E-state index is 0.0677. The number of nitrogens with two attached hydrogens (primary N) is 3. The van der Waals surface area contributed by atoms with Crippen molar-refractivity contribution in [1.82, 2.24) is 0 Å². The van der Waals surface area contributed by atoms with Crippen molar-refractivity contribution in [3.63, 3.8) is 0 Å². The number of rotatable bonds is 9. The molecule has 0 spiro atoms. The summed E-state index contributed by atoms with van der Waals surface area (Å²) in [6, 6.07) is -0.658. The summed E-state index contributed by atoms with van der Waals surface area (Å²) in [6.07, 6.45) is -13.2. The van der Waals surface area contributed by atoms with E-state index in [1.807, 2.05) is 6.92 Å². The Morgan fingerprint density at radius 1 is 0.718 bits per heavy atom. The van der Waals surface area contributed by atoms with Gasteiger partial charge in [-0.2, -0.15) is 0 Å². The van der Waals surface area contributed by atoms with Crippen LogP contribution in [0, 0.1) is 5.92 Å². The Balaban J connectivity index is 1.46. The average molecular weight is 568 g/mol. The fraction of sp³-hybridized carbons (Fsp3) is 1.00. The van der Waals surface area contributed by atoms with E-state index < -0.39 is 92.6 Å². The van der Waals surface area contributed by atoms with Crippen molar-refractivity contribution in [3.8, 4) is 0 Å². The van der Waals surface area contributed by atoms with E-state index >= 15 is 0 Å². The molecule has 0 aromatic heterocycles. The molecule has 0 aromatic carbocycles. The molecule has 12 N–H and O–H groups in total. The maximum Gasteiger partial charge on any atom is 0.187 e. The van der Waals surface area contributed by atoms with E-state index in [4.69, 9.17) is 45.6 Å². The zero-order chi connectivity index (χ0) is 28.4. The van der Waals surface area contributed by atoms with Crippen molar-refractivity contribution in [1.29, 1.82) is 0 Å². The highest BCUT2D eigenvalue weighted by atomic mass is 16.8. The Hall–Kier alpha value is -0.600. The third-order valence-electron chi connectivity index (χ3n) is 8.12. The fourth-order valence-corrected chi connectivity index (χ4v) is 5.79. The van der Waals surface area contributed by atoms with Crippen LogP contribution >= 0.6 is 0 Å². The Kier molecular flexibility index (Phi) is 10.9. The van der Waals surface area contributed by atoms with E-state index in [1.165, 1.54) is 0 Å². The van der Waals surface area contributed by atoms with Gasteiger partial charge in [-0.1, -0.05) is 6.92 Å². The Morgan fingerprint density at radius 2 is 1.44 bits per heavy atom. The summed E-state index contributed by atoms with van der Waals surface area (Å²) < 4.78 is 35.2. The minimum Gasteiger partial charge on any atom is -0.394 e. The summed E-state index contributed by atoms with van der Waals surface area (Å²) in [7, 11) is 0. The number of hydrogen-bond acceptors (Lipinski definition) is 15. The van der Waals surface area contributed by atoms with Crippen LogP contribution in [-0.4, -0.2) is 142 Å². The Morgan fingerprint density at radius 3 is 2.10 bits per heavy atom. The van der Waals surface area contributed by atoms with Crippen molar-refractivity contribution >= 4 is 0 Å². The second-order valence-electron chi connectivity index (χ2n) is 11.0. The van der Waals surface area contributed by atoms with Crippen LogP contribution in [0.2, 0.25) is 0 Å². The molecule has 228 valence electrons. The first-order valence-electron chi connectivity index (χ1n) is 13.7. The Labute approximate surface area is 227 Å². The molecule has 0 amide bonds. The maximum absolute atomic E-state index is 11.1. The molecule has 0 bridgehead atoms. The van der Waals surface area contributed by atoms with Gasteiger partial charge in [-0.3, -0.25) is 0 Å². The molecular weight excluding hydrogens is 522 g/mol. The van der Waals surface area contributed by atoms with Gasteiger partial charge in [0.15, 0.2) is 18.9 Å². The first kappa shape index (κ1) is 31.3. The van der Waals surface area contributed by atoms with Crippen molar-refractivity contribution in [2.75, 3.05) is 19.7 Å². The standard InChI is InChI=1S/C24H45N3O12/c1-9-4-11(27)17(31)22(20(9)38-23-12(29)3-2-10(6-25)34-23)39-24-19(33)21(15(8-28)36-24)37-16-5-13(30)18(32)14(7-26)35-16/h9-24,28-33H,2-8,25-27H2,1H3/t9-,10-,11+,12+,13+,14-,15+,16+,17-,18-,19+,20+,21+,22+,23+,24-/m0/s1. The molecule has 0 radical (unpaired) electrons. The molecular formula is C24H45N3O12. The SMILES string of the molecule is C[C@H]1C[C@@H](N)[C@H](O)[C@@H](O[C@@H]2O[C@H](CO)[C@@H](O[C@@H]3C[C@@H](O)[C@H](O)[C@H](CN)O3)[C@H]2O)[C@@H]1O[C@H]1O[C@H](CN)CC[C@H]1O. The molecule has 39 heavy (non-hydrogen) atoms. The van der Waals surface area contributed by atoms with Crippen molar-refractivity contribution in [2.24, 2.45) is 23.1 Å². The summed E-state index contributed by atoms with van der Waals surface area (Å²) in [5, 5.41) is 62.6. The normalized spacial score (nSPS) is 51.2. The van der Waals surface area contributed by atoms with Gasteiger partial charge in [0.2, 0.25) is 0 Å². The van der Waals surface area contributed by atoms with Gasteiger partial charge >= 0.3 is 0 Å². The highest BCUT2D eigenvalue weighted by Gasteiger charge is 2.52. The summed E-state index contributed by atoms with van der Waals surface area (Å²) in [6.45, 7) is 1.52. The van der Waals surface area contributed by atoms with Gasteiger partial charge < -0.3 is 76.3 Å². The van der Waals surface area contributed by atoms with Gasteiger partial charge in [-0.25, -0.2) is 0 Å². The molecule has 0 unspecified atom stereocenters. The molecule has 3 saturated heterocycles. The first-order chi connectivity index (χ1) is 18.6.